The number of Topliss-reactive ketones (excluding diaryl/α,β-unsaturated/α-hetero) is 1. The van der Waals surface area contributed by atoms with Crippen molar-refractivity contribution < 1.29 is 62.4 Å². The molecule has 0 saturated carbocycles. The van der Waals surface area contributed by atoms with Crippen LogP contribution in [-0.2, 0) is 75.9 Å². The summed E-state index contributed by atoms with van der Waals surface area (Å²) in [4.78, 5) is 83.7. The van der Waals surface area contributed by atoms with Crippen molar-refractivity contribution in [1.29, 1.82) is 0 Å². The molecule has 0 atom stereocenters. The number of esters is 4. The second-order valence-corrected chi connectivity index (χ2v) is 12.9. The van der Waals surface area contributed by atoms with Crippen molar-refractivity contribution in [1.82, 2.24) is 19.9 Å². The van der Waals surface area contributed by atoms with Crippen LogP contribution >= 0.6 is 0 Å². The fourth-order valence-corrected chi connectivity index (χ4v) is 6.22. The number of rotatable bonds is 10. The van der Waals surface area contributed by atoms with Gasteiger partial charge in [0.2, 0.25) is 0 Å². The van der Waals surface area contributed by atoms with Gasteiger partial charge in [-0.25, -0.2) is 9.97 Å². The second kappa shape index (κ2) is 16.1. The largest absolute Gasteiger partial charge is 2.00 e. The number of fused-ring (bicyclic) bond motifs is 8. The van der Waals surface area contributed by atoms with Crippen LogP contribution in [0.1, 0.15) is 89.4 Å². The van der Waals surface area contributed by atoms with E-state index in [4.69, 9.17) is 38.9 Å². The number of carbonyl (C=O) groups is 5. The molecule has 3 aromatic heterocycles. The van der Waals surface area contributed by atoms with E-state index in [-0.39, 0.29) is 69.5 Å². The Morgan fingerprint density at radius 3 is 1.71 bits per heavy atom. The van der Waals surface area contributed by atoms with E-state index in [1.165, 1.54) is 28.4 Å². The molecule has 3 aromatic rings. The third-order valence-corrected chi connectivity index (χ3v) is 9.51. The summed E-state index contributed by atoms with van der Waals surface area (Å²) in [6.45, 7) is 7.43. The van der Waals surface area contributed by atoms with E-state index in [0.29, 0.717) is 61.4 Å². The zero-order valence-corrected chi connectivity index (χ0v) is 33.7. The number of ether oxygens (including phenoxy) is 4. The van der Waals surface area contributed by atoms with Crippen LogP contribution in [0.15, 0.2) is 24.3 Å². The SMILES string of the molecule is COC(=O)CCC1=C(CC(=O)OC)c2cc3[n-]c(cc4nc(cc5[n-]c(cc1n2)c(CCC(=O)OC)c5CC(=O)OC)C(=O)C4(C)C)c(C)c3C.[Zn+2]. The van der Waals surface area contributed by atoms with Crippen LogP contribution in [0.25, 0.3) is 33.2 Å². The van der Waals surface area contributed by atoms with Crippen molar-refractivity contribution in [2.24, 2.45) is 0 Å². The fourth-order valence-electron chi connectivity index (χ4n) is 6.22. The Bertz CT molecular complexity index is 2160. The second-order valence-electron chi connectivity index (χ2n) is 12.9. The molecule has 0 aromatic carbocycles. The van der Waals surface area contributed by atoms with Crippen LogP contribution in [-0.4, -0.2) is 68.1 Å². The Labute approximate surface area is 313 Å². The molecular formula is C38H40N4O9Zn. The Morgan fingerprint density at radius 2 is 1.10 bits per heavy atom. The standard InChI is InChI=1S/C38H41N4O9.Zn/c1-19-20(2)26-18-32-38(3,4)37(47)31(42-32)17-30-24(14-36(46)51-8)22(10-12-34(44)49-6)28(41-30)16-27-21(9-11-33(43)48-5)23(13-35(45)50-7)29(40-27)15-25(19)39-26;/h15-18H,9-14H2,1-8H3,(H-,39,40,41,42,47);/q-1;+2/p-1. The molecule has 0 aliphatic carbocycles. The van der Waals surface area contributed by atoms with Crippen molar-refractivity contribution >= 4 is 62.9 Å². The predicted molar refractivity (Wildman–Crippen MR) is 187 cm³/mol. The quantitative estimate of drug-likeness (QED) is 0.159. The molecule has 0 amide bonds. The smallest absolute Gasteiger partial charge is 0.657 e. The first-order chi connectivity index (χ1) is 24.2. The number of methoxy groups -OCH3 is 4. The summed E-state index contributed by atoms with van der Waals surface area (Å²) >= 11 is 0. The van der Waals surface area contributed by atoms with Gasteiger partial charge in [0.1, 0.15) is 5.69 Å². The minimum Gasteiger partial charge on any atom is -0.657 e. The fraction of sp³-hybridized carbons (Fsp3) is 0.395. The Hall–Kier alpha value is -4.97. The summed E-state index contributed by atoms with van der Waals surface area (Å²) in [5.41, 5.74) is 6.27. The van der Waals surface area contributed by atoms with Gasteiger partial charge in [-0.05, 0) is 63.3 Å². The van der Waals surface area contributed by atoms with Crippen LogP contribution in [0.5, 0.6) is 0 Å². The van der Waals surface area contributed by atoms with E-state index in [9.17, 15) is 24.0 Å². The maximum Gasteiger partial charge on any atom is 2.00 e. The van der Waals surface area contributed by atoms with Gasteiger partial charge in [0.05, 0.1) is 63.8 Å². The summed E-state index contributed by atoms with van der Waals surface area (Å²) < 4.78 is 19.9. The molecule has 0 fully saturated rings. The van der Waals surface area contributed by atoms with E-state index >= 15 is 0 Å². The number of allylic oxidation sites excluding steroid dienone is 1. The molecule has 2 aliphatic heterocycles. The molecule has 5 rings (SSSR count). The van der Waals surface area contributed by atoms with Gasteiger partial charge >= 0.3 is 43.4 Å². The Kier molecular flexibility index (Phi) is 12.4. The Balaban J connectivity index is 0.00000605. The van der Waals surface area contributed by atoms with Crippen molar-refractivity contribution in [3.8, 4) is 0 Å². The minimum atomic E-state index is -0.995. The first-order valence-electron chi connectivity index (χ1n) is 16.4. The summed E-state index contributed by atoms with van der Waals surface area (Å²) in [6, 6.07) is 6.82. The van der Waals surface area contributed by atoms with Crippen LogP contribution in [0.2, 0.25) is 0 Å². The topological polar surface area (TPSA) is 176 Å². The summed E-state index contributed by atoms with van der Waals surface area (Å²) in [7, 11) is 5.14. The van der Waals surface area contributed by atoms with Crippen molar-refractivity contribution in [3.05, 3.63) is 69.3 Å². The van der Waals surface area contributed by atoms with E-state index < -0.39 is 29.3 Å². The molecule has 268 valence electrons. The minimum absolute atomic E-state index is 0. The zero-order valence-electron chi connectivity index (χ0n) is 30.7. The number of nitrogens with zero attached hydrogens (tertiary/aromatic N) is 4. The van der Waals surface area contributed by atoms with Gasteiger partial charge in [0.15, 0.2) is 5.78 Å². The van der Waals surface area contributed by atoms with Gasteiger partial charge in [0, 0.05) is 12.8 Å². The van der Waals surface area contributed by atoms with Crippen molar-refractivity contribution in [2.75, 3.05) is 28.4 Å². The number of carbonyl (C=O) groups excluding carboxylic acids is 5. The molecule has 0 spiro atoms. The van der Waals surface area contributed by atoms with Crippen molar-refractivity contribution in [2.45, 2.75) is 71.6 Å². The monoisotopic (exact) mass is 760 g/mol. The molecule has 0 unspecified atom stereocenters. The summed E-state index contributed by atoms with van der Waals surface area (Å²) in [5, 5.41) is 0. The van der Waals surface area contributed by atoms with Gasteiger partial charge < -0.3 is 28.9 Å². The predicted octanol–water partition coefficient (Wildman–Crippen LogP) is 4.60. The average molecular weight is 762 g/mol. The Morgan fingerprint density at radius 1 is 0.615 bits per heavy atom. The van der Waals surface area contributed by atoms with Gasteiger partial charge in [-0.3, -0.25) is 24.0 Å². The van der Waals surface area contributed by atoms with Gasteiger partial charge in [-0.1, -0.05) is 34.9 Å². The summed E-state index contributed by atoms with van der Waals surface area (Å²) in [5.74, 6) is -2.23. The number of aryl methyl sites for hydroxylation is 3. The molecule has 0 N–H and O–H groups in total. The van der Waals surface area contributed by atoms with Crippen molar-refractivity contribution in [3.63, 3.8) is 0 Å². The third kappa shape index (κ3) is 7.91. The molecule has 8 bridgehead atoms. The van der Waals surface area contributed by atoms with E-state index in [1.54, 1.807) is 38.1 Å². The van der Waals surface area contributed by atoms with E-state index in [2.05, 4.69) is 0 Å². The first kappa shape index (κ1) is 39.8. The molecular weight excluding hydrogens is 722 g/mol. The van der Waals surface area contributed by atoms with Crippen LogP contribution in [0.3, 0.4) is 0 Å². The van der Waals surface area contributed by atoms with Gasteiger partial charge in [-0.2, -0.15) is 0 Å². The third-order valence-electron chi connectivity index (χ3n) is 9.51. The summed E-state index contributed by atoms with van der Waals surface area (Å²) in [6.07, 6.45) is -0.0818. The van der Waals surface area contributed by atoms with Crippen LogP contribution in [0.4, 0.5) is 0 Å². The molecule has 5 heterocycles. The first-order valence-corrected chi connectivity index (χ1v) is 16.4. The molecule has 0 saturated heterocycles. The normalized spacial score (nSPS) is 13.3. The molecule has 0 radical (unpaired) electrons. The average Bonchev–Trinajstić information content (AvgIpc) is 3.75. The van der Waals surface area contributed by atoms with Crippen LogP contribution < -0.4 is 9.97 Å². The maximum absolute atomic E-state index is 13.8. The van der Waals surface area contributed by atoms with E-state index in [1.807, 2.05) is 13.8 Å². The maximum atomic E-state index is 13.8. The number of aromatic nitrogens is 4. The number of hydrogen-bond acceptors (Lipinski definition) is 11. The van der Waals surface area contributed by atoms with E-state index in [0.717, 1.165) is 11.1 Å². The molecule has 14 heteroatoms. The zero-order chi connectivity index (χ0) is 37.2. The number of ketones is 1. The van der Waals surface area contributed by atoms with Gasteiger partial charge in [-0.15, -0.1) is 22.1 Å². The molecule has 52 heavy (non-hydrogen) atoms. The number of hydrogen-bond donors (Lipinski definition) is 0. The van der Waals surface area contributed by atoms with Gasteiger partial charge in [0.25, 0.3) is 0 Å². The molecule has 13 nitrogen and oxygen atoms in total. The van der Waals surface area contributed by atoms with Crippen LogP contribution in [0, 0.1) is 13.8 Å². The molecule has 2 aliphatic rings.